The van der Waals surface area contributed by atoms with Crippen LogP contribution in [-0.2, 0) is 6.54 Å². The van der Waals surface area contributed by atoms with Crippen molar-refractivity contribution < 1.29 is 9.26 Å². The van der Waals surface area contributed by atoms with Crippen molar-refractivity contribution in [2.75, 3.05) is 0 Å². The third-order valence-corrected chi connectivity index (χ3v) is 5.76. The van der Waals surface area contributed by atoms with E-state index in [1.54, 1.807) is 24.3 Å². The number of nitrogens with zero attached hydrogens (tertiary/aromatic N) is 4. The fourth-order valence-corrected chi connectivity index (χ4v) is 4.31. The van der Waals surface area contributed by atoms with Gasteiger partial charge in [0.15, 0.2) is 0 Å². The van der Waals surface area contributed by atoms with Crippen LogP contribution < -0.4 is 16.0 Å². The van der Waals surface area contributed by atoms with E-state index < -0.39 is 5.69 Å². The van der Waals surface area contributed by atoms with E-state index in [2.05, 4.69) is 10.1 Å². The van der Waals surface area contributed by atoms with Crippen molar-refractivity contribution in [1.29, 1.82) is 0 Å². The van der Waals surface area contributed by atoms with Crippen LogP contribution in [0.15, 0.2) is 80.8 Å². The summed E-state index contributed by atoms with van der Waals surface area (Å²) in [6.07, 6.45) is 0.0766. The molecule has 0 radical (unpaired) electrons. The number of aromatic nitrogens is 4. The van der Waals surface area contributed by atoms with E-state index in [1.807, 2.05) is 70.2 Å². The molecule has 3 aromatic carbocycles. The Kier molecular flexibility index (Phi) is 6.01. The maximum Gasteiger partial charge on any atom is 0.336 e. The van der Waals surface area contributed by atoms with E-state index in [0.29, 0.717) is 22.4 Å². The Morgan fingerprint density at radius 1 is 0.944 bits per heavy atom. The largest absolute Gasteiger partial charge is 0.491 e. The van der Waals surface area contributed by atoms with Crippen LogP contribution in [0.25, 0.3) is 28.0 Å². The van der Waals surface area contributed by atoms with Crippen molar-refractivity contribution in [2.24, 2.45) is 0 Å². The van der Waals surface area contributed by atoms with Gasteiger partial charge in [-0.3, -0.25) is 9.36 Å². The van der Waals surface area contributed by atoms with E-state index in [9.17, 15) is 9.59 Å². The summed E-state index contributed by atoms with van der Waals surface area (Å²) in [6.45, 7) is 7.82. The maximum absolute atomic E-state index is 13.7. The van der Waals surface area contributed by atoms with Crippen molar-refractivity contribution in [3.8, 4) is 22.8 Å². The first-order valence-electron chi connectivity index (χ1n) is 11.7. The summed E-state index contributed by atoms with van der Waals surface area (Å²) in [6, 6.07) is 20.1. The van der Waals surface area contributed by atoms with Crippen LogP contribution in [0.3, 0.4) is 0 Å². The summed E-state index contributed by atoms with van der Waals surface area (Å²) in [5.74, 6) is 1.41. The quantitative estimate of drug-likeness (QED) is 0.350. The molecule has 0 saturated carbocycles. The number of para-hydroxylation sites is 1. The van der Waals surface area contributed by atoms with Crippen molar-refractivity contribution in [3.05, 3.63) is 105 Å². The lowest BCUT2D eigenvalue weighted by Gasteiger charge is -2.13. The number of rotatable bonds is 6. The Hall–Kier alpha value is -4.46. The molecular weight excluding hydrogens is 456 g/mol. The average Bonchev–Trinajstić information content (AvgIpc) is 3.30. The molecule has 0 aliphatic heterocycles. The number of benzene rings is 3. The van der Waals surface area contributed by atoms with Gasteiger partial charge in [-0.25, -0.2) is 9.36 Å². The smallest absolute Gasteiger partial charge is 0.336 e. The van der Waals surface area contributed by atoms with Gasteiger partial charge in [0.1, 0.15) is 12.3 Å². The standard InChI is InChI=1S/C28H26N4O4/c1-17(2)35-22-11-9-20(10-12-22)26-29-25(36-30-26)16-31-24-8-6-5-7-23(24)27(33)32(28(31)34)21-14-18(3)13-19(4)15-21/h5-15,17H,16H2,1-4H3. The molecule has 2 aromatic heterocycles. The van der Waals surface area contributed by atoms with Gasteiger partial charge in [0.05, 0.1) is 22.7 Å². The molecule has 0 atom stereocenters. The first-order chi connectivity index (χ1) is 17.3. The van der Waals surface area contributed by atoms with Gasteiger partial charge in [0.2, 0.25) is 11.7 Å². The maximum atomic E-state index is 13.7. The minimum atomic E-state index is -0.473. The third-order valence-electron chi connectivity index (χ3n) is 5.76. The molecule has 0 aliphatic carbocycles. The second-order valence-electron chi connectivity index (χ2n) is 9.08. The third kappa shape index (κ3) is 4.45. The summed E-state index contributed by atoms with van der Waals surface area (Å²) in [5.41, 5.74) is 2.87. The molecule has 0 bridgehead atoms. The average molecular weight is 483 g/mol. The summed E-state index contributed by atoms with van der Waals surface area (Å²) in [5, 5.41) is 4.52. The minimum Gasteiger partial charge on any atom is -0.491 e. The lowest BCUT2D eigenvalue weighted by molar-refractivity contribution is 0.242. The van der Waals surface area contributed by atoms with E-state index in [0.717, 1.165) is 22.4 Å². The first kappa shape index (κ1) is 23.3. The Morgan fingerprint density at radius 2 is 1.64 bits per heavy atom. The fraction of sp³-hybridized carbons (Fsp3) is 0.214. The van der Waals surface area contributed by atoms with Crippen molar-refractivity contribution >= 4 is 10.9 Å². The highest BCUT2D eigenvalue weighted by Crippen LogP contribution is 2.21. The van der Waals surface area contributed by atoms with Crippen LogP contribution in [0.5, 0.6) is 5.75 Å². The summed E-state index contributed by atoms with van der Waals surface area (Å²) >= 11 is 0. The molecule has 0 saturated heterocycles. The molecule has 0 amide bonds. The molecule has 5 rings (SSSR count). The molecule has 8 heteroatoms. The van der Waals surface area contributed by atoms with Crippen molar-refractivity contribution in [1.82, 2.24) is 19.3 Å². The predicted octanol–water partition coefficient (Wildman–Crippen LogP) is 4.65. The topological polar surface area (TPSA) is 92.2 Å². The van der Waals surface area contributed by atoms with Crippen LogP contribution in [0.4, 0.5) is 0 Å². The van der Waals surface area contributed by atoms with Crippen molar-refractivity contribution in [3.63, 3.8) is 0 Å². The fourth-order valence-electron chi connectivity index (χ4n) is 4.31. The van der Waals surface area contributed by atoms with Gasteiger partial charge in [0, 0.05) is 5.56 Å². The van der Waals surface area contributed by atoms with Gasteiger partial charge in [0.25, 0.3) is 5.56 Å². The second-order valence-corrected chi connectivity index (χ2v) is 9.08. The molecule has 8 nitrogen and oxygen atoms in total. The van der Waals surface area contributed by atoms with Crippen LogP contribution in [0.1, 0.15) is 30.9 Å². The van der Waals surface area contributed by atoms with Crippen molar-refractivity contribution in [2.45, 2.75) is 40.3 Å². The SMILES string of the molecule is Cc1cc(C)cc(-n2c(=O)c3ccccc3n(Cc3nc(-c4ccc(OC(C)C)cc4)no3)c2=O)c1. The van der Waals surface area contributed by atoms with Crippen LogP contribution in [0, 0.1) is 13.8 Å². The summed E-state index contributed by atoms with van der Waals surface area (Å²) < 4.78 is 13.9. The number of hydrogen-bond acceptors (Lipinski definition) is 6. The zero-order valence-corrected chi connectivity index (χ0v) is 20.6. The van der Waals surface area contributed by atoms with Crippen LogP contribution in [0.2, 0.25) is 0 Å². The Labute approximate surface area is 207 Å². The molecule has 36 heavy (non-hydrogen) atoms. The predicted molar refractivity (Wildman–Crippen MR) is 138 cm³/mol. The Bertz CT molecular complexity index is 1660. The van der Waals surface area contributed by atoms with Gasteiger partial charge >= 0.3 is 5.69 Å². The molecule has 5 aromatic rings. The number of fused-ring (bicyclic) bond motifs is 1. The van der Waals surface area contributed by atoms with Crippen LogP contribution in [-0.4, -0.2) is 25.4 Å². The van der Waals surface area contributed by atoms with Gasteiger partial charge in [-0.2, -0.15) is 4.98 Å². The molecule has 0 N–H and O–H groups in total. The number of aryl methyl sites for hydroxylation is 2. The zero-order valence-electron chi connectivity index (χ0n) is 20.6. The monoisotopic (exact) mass is 482 g/mol. The summed E-state index contributed by atoms with van der Waals surface area (Å²) in [7, 11) is 0. The van der Waals surface area contributed by atoms with E-state index >= 15 is 0 Å². The zero-order chi connectivity index (χ0) is 25.4. The molecular formula is C28H26N4O4. The molecule has 0 fully saturated rings. The van der Waals surface area contributed by atoms with Gasteiger partial charge in [-0.05, 0) is 87.4 Å². The van der Waals surface area contributed by atoms with Gasteiger partial charge < -0.3 is 9.26 Å². The minimum absolute atomic E-state index is 0.0198. The first-order valence-corrected chi connectivity index (χ1v) is 11.7. The normalized spacial score (nSPS) is 11.4. The van der Waals surface area contributed by atoms with E-state index in [4.69, 9.17) is 9.26 Å². The highest BCUT2D eigenvalue weighted by molar-refractivity contribution is 5.78. The molecule has 0 unspecified atom stereocenters. The summed E-state index contributed by atoms with van der Waals surface area (Å²) in [4.78, 5) is 31.5. The molecule has 182 valence electrons. The van der Waals surface area contributed by atoms with E-state index in [1.165, 1.54) is 9.13 Å². The lowest BCUT2D eigenvalue weighted by Crippen LogP contribution is -2.39. The van der Waals surface area contributed by atoms with Crippen LogP contribution >= 0.6 is 0 Å². The number of hydrogen-bond donors (Lipinski definition) is 0. The molecule has 0 aliphatic rings. The molecule has 0 spiro atoms. The highest BCUT2D eigenvalue weighted by atomic mass is 16.5. The van der Waals surface area contributed by atoms with E-state index in [-0.39, 0.29) is 24.1 Å². The number of ether oxygens (including phenoxy) is 1. The lowest BCUT2D eigenvalue weighted by atomic mass is 10.1. The Balaban J connectivity index is 1.57. The van der Waals surface area contributed by atoms with Gasteiger partial charge in [-0.1, -0.05) is 23.4 Å². The molecule has 2 heterocycles. The highest BCUT2D eigenvalue weighted by Gasteiger charge is 2.18. The second kappa shape index (κ2) is 9.30. The Morgan fingerprint density at radius 3 is 2.33 bits per heavy atom. The van der Waals surface area contributed by atoms with Gasteiger partial charge in [-0.15, -0.1) is 0 Å².